The number of benzene rings is 2. The Kier molecular flexibility index (Phi) is 13.8. The number of methoxy groups -OCH3 is 4. The Morgan fingerprint density at radius 2 is 1.30 bits per heavy atom. The summed E-state index contributed by atoms with van der Waals surface area (Å²) in [5.74, 6) is 3.05. The van der Waals surface area contributed by atoms with E-state index in [-0.39, 0.29) is 10.8 Å². The van der Waals surface area contributed by atoms with Gasteiger partial charge in [-0.05, 0) is 78.7 Å². The topological polar surface area (TPSA) is 136 Å². The number of anilines is 1. The number of allylic oxidation sites excluding steroid dienone is 10. The van der Waals surface area contributed by atoms with Gasteiger partial charge in [0.1, 0.15) is 11.2 Å². The Morgan fingerprint density at radius 3 is 1.91 bits per heavy atom. The van der Waals surface area contributed by atoms with Gasteiger partial charge in [-0.1, -0.05) is 81.2 Å². The molecular formula is C43H53ClN2O8S2. The normalized spacial score (nSPS) is 19.9. The van der Waals surface area contributed by atoms with Gasteiger partial charge in [0.05, 0.1) is 45.2 Å². The van der Waals surface area contributed by atoms with Crippen molar-refractivity contribution in [2.75, 3.05) is 39.9 Å². The molecule has 0 unspecified atom stereocenters. The van der Waals surface area contributed by atoms with Crippen LogP contribution >= 0.6 is 23.1 Å². The van der Waals surface area contributed by atoms with Gasteiger partial charge in [0.25, 0.3) is 5.01 Å². The van der Waals surface area contributed by atoms with Crippen LogP contribution in [0.25, 0.3) is 16.3 Å². The number of hydrogen-bond acceptors (Lipinski definition) is 11. The molecule has 1 aromatic heterocycles. The van der Waals surface area contributed by atoms with E-state index in [0.29, 0.717) is 0 Å². The lowest BCUT2D eigenvalue weighted by atomic mass is 9.74. The maximum Gasteiger partial charge on any atom is 0.263 e. The highest BCUT2D eigenvalue weighted by Gasteiger charge is 2.30. The molecule has 10 nitrogen and oxygen atoms in total. The zero-order valence-corrected chi connectivity index (χ0v) is 36.3. The maximum absolute atomic E-state index is 8.49. The van der Waals surface area contributed by atoms with E-state index in [2.05, 4.69) is 118 Å². The van der Waals surface area contributed by atoms with Crippen molar-refractivity contribution in [2.45, 2.75) is 78.7 Å². The highest BCUT2D eigenvalue weighted by molar-refractivity contribution is 8.03. The van der Waals surface area contributed by atoms with Crippen molar-refractivity contribution in [2.24, 2.45) is 10.8 Å². The number of halogens is 1. The van der Waals surface area contributed by atoms with Crippen LogP contribution in [-0.2, 0) is 6.54 Å². The zero-order chi connectivity index (χ0) is 41.0. The summed E-state index contributed by atoms with van der Waals surface area (Å²) in [5, 5.41) is 2.49. The fraction of sp³-hybridized carbons (Fsp3) is 0.419. The highest BCUT2D eigenvalue weighted by Crippen LogP contribution is 2.51. The van der Waals surface area contributed by atoms with Crippen LogP contribution in [0.5, 0.6) is 23.0 Å². The van der Waals surface area contributed by atoms with E-state index < -0.39 is 10.2 Å². The highest BCUT2D eigenvalue weighted by atomic mass is 35.7. The van der Waals surface area contributed by atoms with Gasteiger partial charge in [0, 0.05) is 35.7 Å². The second-order valence-electron chi connectivity index (χ2n) is 15.5. The van der Waals surface area contributed by atoms with E-state index in [1.54, 1.807) is 28.4 Å². The minimum atomic E-state index is -4.94. The van der Waals surface area contributed by atoms with Crippen molar-refractivity contribution in [3.05, 3.63) is 93.1 Å². The third-order valence-corrected chi connectivity index (χ3v) is 12.0. The maximum atomic E-state index is 8.49. The van der Waals surface area contributed by atoms with Gasteiger partial charge < -0.3 is 23.8 Å². The number of aromatic nitrogens is 1. The largest absolute Gasteiger partial charge is 0.493 e. The van der Waals surface area contributed by atoms with Gasteiger partial charge in [0.2, 0.25) is 5.52 Å². The minimum absolute atomic E-state index is 0.176. The number of hydrogen-bond donors (Lipinski definition) is 0. The van der Waals surface area contributed by atoms with Crippen LogP contribution < -0.4 is 47.1 Å². The average Bonchev–Trinajstić information content (AvgIpc) is 3.62. The summed E-state index contributed by atoms with van der Waals surface area (Å²) in [6, 6.07) is 8.39. The first-order valence-electron chi connectivity index (χ1n) is 18.5. The van der Waals surface area contributed by atoms with Crippen LogP contribution in [0, 0.1) is 21.1 Å². The fourth-order valence-corrected chi connectivity index (χ4v) is 10.2. The summed E-state index contributed by atoms with van der Waals surface area (Å²) in [6.07, 6.45) is 20.7. The van der Waals surface area contributed by atoms with Gasteiger partial charge in [-0.2, -0.15) is 4.57 Å². The molecule has 3 aromatic rings. The molecule has 2 heterocycles. The molecule has 0 radical (unpaired) electrons. The number of ether oxygens (including phenoxy) is 4. The summed E-state index contributed by atoms with van der Waals surface area (Å²) in [5.41, 5.74) is 8.17. The molecule has 0 saturated heterocycles. The van der Waals surface area contributed by atoms with Crippen LogP contribution in [0.1, 0.15) is 72.2 Å². The van der Waals surface area contributed by atoms with E-state index in [1.165, 1.54) is 53.1 Å². The molecule has 0 spiro atoms. The number of thiazole rings is 1. The second kappa shape index (κ2) is 17.8. The molecule has 1 aliphatic heterocycles. The number of aryl methyl sites for hydroxylation is 1. The van der Waals surface area contributed by atoms with Crippen LogP contribution in [0.3, 0.4) is 0 Å². The molecule has 0 atom stereocenters. The number of fused-ring (bicyclic) bond motifs is 2. The van der Waals surface area contributed by atoms with Crippen molar-refractivity contribution in [3.63, 3.8) is 0 Å². The van der Waals surface area contributed by atoms with Crippen LogP contribution in [0.2, 0.25) is 0 Å². The Bertz CT molecular complexity index is 2120. The van der Waals surface area contributed by atoms with E-state index in [4.69, 9.17) is 37.6 Å². The van der Waals surface area contributed by atoms with E-state index >= 15 is 0 Å². The monoisotopic (exact) mass is 824 g/mol. The smallest absolute Gasteiger partial charge is 0.263 e. The van der Waals surface area contributed by atoms with Crippen molar-refractivity contribution in [3.8, 4) is 23.0 Å². The van der Waals surface area contributed by atoms with Crippen LogP contribution in [-0.4, -0.2) is 35.0 Å². The Labute approximate surface area is 341 Å². The minimum Gasteiger partial charge on any atom is -0.493 e. The number of nitrogens with zero attached hydrogens (tertiary/aromatic N) is 2. The van der Waals surface area contributed by atoms with Crippen molar-refractivity contribution in [1.29, 1.82) is 0 Å². The summed E-state index contributed by atoms with van der Waals surface area (Å²) in [6.45, 7) is 15.7. The predicted molar refractivity (Wildman–Crippen MR) is 215 cm³/mol. The average molecular weight is 825 g/mol. The summed E-state index contributed by atoms with van der Waals surface area (Å²) < 4.78 is 60.0. The van der Waals surface area contributed by atoms with Gasteiger partial charge in [0.15, 0.2) is 23.0 Å². The lowest BCUT2D eigenvalue weighted by Gasteiger charge is -2.31. The molecule has 0 saturated carbocycles. The summed E-state index contributed by atoms with van der Waals surface area (Å²) >= 11 is 3.62. The number of thioether (sulfide) groups is 1. The van der Waals surface area contributed by atoms with Crippen molar-refractivity contribution >= 4 is 45.1 Å². The van der Waals surface area contributed by atoms with E-state index in [1.807, 2.05) is 23.1 Å². The lowest BCUT2D eigenvalue weighted by Crippen LogP contribution is -2.68. The standard InChI is InChI=1S/C43H53N2O4S2.ClHO4/c1-11-44-32-20-34(46-7)36(48-9)22-38(32)50-40(44)18-30-16-28(24-42(3,4)26-30)14-13-15-29-17-31(27-43(5,6)25-29)19-41-45(12-2)33-21-35(47-8)37(49-10)23-39(33)51-41;2-1(3,4)5/h13-23H,11-12,24-27H2,1-10H3;(H,2,3,4,5)/q+1;/p-1. The van der Waals surface area contributed by atoms with Gasteiger partial charge in [-0.3, -0.25) is 0 Å². The first-order valence-corrected chi connectivity index (χ1v) is 21.4. The number of rotatable bonds is 10. The molecule has 0 N–H and O–H groups in total. The Balaban J connectivity index is 0.00000113. The van der Waals surface area contributed by atoms with Crippen molar-refractivity contribution in [1.82, 2.24) is 0 Å². The van der Waals surface area contributed by atoms with Crippen LogP contribution in [0.4, 0.5) is 5.69 Å². The van der Waals surface area contributed by atoms with Gasteiger partial charge in [-0.25, -0.2) is 18.6 Å². The molecule has 6 rings (SSSR count). The molecule has 0 fully saturated rings. The quantitative estimate of drug-likeness (QED) is 0.214. The first-order chi connectivity index (χ1) is 26.4. The third-order valence-electron chi connectivity index (χ3n) is 9.82. The zero-order valence-electron chi connectivity index (χ0n) is 33.9. The molecular weight excluding hydrogens is 772 g/mol. The first kappa shape index (κ1) is 43.4. The second-order valence-corrected chi connectivity index (χ2v) is 18.4. The molecule has 302 valence electrons. The van der Waals surface area contributed by atoms with Gasteiger partial charge >= 0.3 is 0 Å². The Morgan fingerprint density at radius 1 is 0.750 bits per heavy atom. The molecule has 56 heavy (non-hydrogen) atoms. The molecule has 2 aromatic carbocycles. The summed E-state index contributed by atoms with van der Waals surface area (Å²) in [7, 11) is 1.84. The SMILES string of the molecule is CCN1/C(=C/C2=CC(=C\C=C\C3=CC(=C\c4sc5cc(OC)c(OC)cc5[n+]4CC)/CC(C)(C)C3)/CC(C)(C)C2)Sc2cc(OC)c(OC)cc21.[O-][Cl+3]([O-])([O-])[O-]. The molecule has 0 amide bonds. The van der Waals surface area contributed by atoms with Crippen molar-refractivity contribution < 1.29 is 52.4 Å². The third kappa shape index (κ3) is 10.8. The summed E-state index contributed by atoms with van der Waals surface area (Å²) in [4.78, 5) is 3.58. The molecule has 13 heteroatoms. The van der Waals surface area contributed by atoms with E-state index in [9.17, 15) is 0 Å². The molecule has 3 aliphatic rings. The fourth-order valence-electron chi connectivity index (χ4n) is 7.75. The predicted octanol–water partition coefficient (Wildman–Crippen LogP) is 6.32. The van der Waals surface area contributed by atoms with Crippen LogP contribution in [0.15, 0.2) is 92.9 Å². The Hall–Kier alpha value is -3.75. The lowest BCUT2D eigenvalue weighted by molar-refractivity contribution is -2.00. The molecule has 2 aliphatic carbocycles. The van der Waals surface area contributed by atoms with Gasteiger partial charge in [-0.15, -0.1) is 10.2 Å². The molecule has 0 bridgehead atoms. The van der Waals surface area contributed by atoms with E-state index in [0.717, 1.165) is 61.8 Å².